The van der Waals surface area contributed by atoms with Gasteiger partial charge >= 0.3 is 6.09 Å². The molecule has 4 nitrogen and oxygen atoms in total. The van der Waals surface area contributed by atoms with Crippen molar-refractivity contribution in [3.63, 3.8) is 0 Å². The van der Waals surface area contributed by atoms with Crippen molar-refractivity contribution in [3.05, 3.63) is 29.8 Å². The van der Waals surface area contributed by atoms with Crippen molar-refractivity contribution in [1.82, 2.24) is 4.98 Å². The highest BCUT2D eigenvalue weighted by Crippen LogP contribution is 2.17. The van der Waals surface area contributed by atoms with Crippen molar-refractivity contribution in [2.24, 2.45) is 5.73 Å². The van der Waals surface area contributed by atoms with E-state index in [0.29, 0.717) is 5.56 Å². The molecule has 0 atom stereocenters. The van der Waals surface area contributed by atoms with E-state index in [1.54, 1.807) is 26.0 Å². The lowest BCUT2D eigenvalue weighted by molar-refractivity contribution is 0.0452. The molecule has 0 fully saturated rings. The molecule has 1 rings (SSSR count). The van der Waals surface area contributed by atoms with Gasteiger partial charge in [0.1, 0.15) is 5.60 Å². The van der Waals surface area contributed by atoms with Gasteiger partial charge in [-0.3, -0.25) is 0 Å². The Morgan fingerprint density at radius 2 is 2.33 bits per heavy atom. The van der Waals surface area contributed by atoms with Crippen LogP contribution in [0.25, 0.3) is 0 Å². The van der Waals surface area contributed by atoms with Gasteiger partial charge in [0.15, 0.2) is 0 Å². The van der Waals surface area contributed by atoms with Crippen LogP contribution in [0, 0.1) is 5.95 Å². The second kappa shape index (κ2) is 4.25. The number of carbonyl (C=O) groups is 1. The zero-order chi connectivity index (χ0) is 11.5. The molecule has 0 unspecified atom stereocenters. The highest BCUT2D eigenvalue weighted by molar-refractivity contribution is 5.65. The van der Waals surface area contributed by atoms with Crippen LogP contribution in [-0.4, -0.2) is 16.7 Å². The first-order valence-electron chi connectivity index (χ1n) is 4.48. The summed E-state index contributed by atoms with van der Waals surface area (Å²) in [5, 5.41) is 0. The molecular formula is C10H13FN2O2. The van der Waals surface area contributed by atoms with Crippen molar-refractivity contribution < 1.29 is 13.9 Å². The molecule has 82 valence electrons. The van der Waals surface area contributed by atoms with Gasteiger partial charge in [-0.25, -0.2) is 9.78 Å². The molecule has 0 aliphatic rings. The summed E-state index contributed by atoms with van der Waals surface area (Å²) < 4.78 is 18.0. The smallest absolute Gasteiger partial charge is 0.405 e. The maximum Gasteiger partial charge on any atom is 0.405 e. The summed E-state index contributed by atoms with van der Waals surface area (Å²) in [6.07, 6.45) is 0.723. The van der Waals surface area contributed by atoms with Gasteiger partial charge in [-0.2, -0.15) is 4.39 Å². The maximum atomic E-state index is 13.2. The van der Waals surface area contributed by atoms with Crippen molar-refractivity contribution in [2.45, 2.75) is 25.9 Å². The van der Waals surface area contributed by atoms with Crippen molar-refractivity contribution in [3.8, 4) is 0 Å². The number of pyridine rings is 1. The number of nitrogens with zero attached hydrogens (tertiary/aromatic N) is 1. The minimum atomic E-state index is -0.871. The molecule has 0 aliphatic carbocycles. The van der Waals surface area contributed by atoms with E-state index in [-0.39, 0.29) is 6.42 Å². The standard InChI is InChI=1S/C10H13FN2O2/c1-10(2,15-9(12)14)6-7-4-3-5-13-8(7)11/h3-5H,6H2,1-2H3,(H2,12,14). The third kappa shape index (κ3) is 3.53. The van der Waals surface area contributed by atoms with E-state index in [4.69, 9.17) is 10.5 Å². The van der Waals surface area contributed by atoms with Gasteiger partial charge in [0, 0.05) is 18.2 Å². The molecule has 1 amide bonds. The van der Waals surface area contributed by atoms with Gasteiger partial charge in [0.25, 0.3) is 0 Å². The lowest BCUT2D eigenvalue weighted by Crippen LogP contribution is -2.33. The highest BCUT2D eigenvalue weighted by atomic mass is 19.1. The number of hydrogen-bond donors (Lipinski definition) is 1. The van der Waals surface area contributed by atoms with Gasteiger partial charge < -0.3 is 10.5 Å². The van der Waals surface area contributed by atoms with Gasteiger partial charge in [-0.1, -0.05) is 6.07 Å². The van der Waals surface area contributed by atoms with E-state index >= 15 is 0 Å². The molecule has 0 saturated carbocycles. The van der Waals surface area contributed by atoms with Crippen LogP contribution in [0.3, 0.4) is 0 Å². The third-order valence-electron chi connectivity index (χ3n) is 1.83. The first-order valence-corrected chi connectivity index (χ1v) is 4.48. The van der Waals surface area contributed by atoms with Crippen molar-refractivity contribution in [2.75, 3.05) is 0 Å². The summed E-state index contributed by atoms with van der Waals surface area (Å²) >= 11 is 0. The van der Waals surface area contributed by atoms with Crippen LogP contribution < -0.4 is 5.73 Å². The minimum Gasteiger partial charge on any atom is -0.443 e. The Kier molecular flexibility index (Phi) is 3.24. The fourth-order valence-corrected chi connectivity index (χ4v) is 1.32. The largest absolute Gasteiger partial charge is 0.443 e. The average Bonchev–Trinajstić information content (AvgIpc) is 2.06. The molecule has 0 saturated heterocycles. The fraction of sp³-hybridized carbons (Fsp3) is 0.400. The first kappa shape index (κ1) is 11.4. The summed E-state index contributed by atoms with van der Waals surface area (Å²) in [4.78, 5) is 14.1. The van der Waals surface area contributed by atoms with E-state index < -0.39 is 17.6 Å². The van der Waals surface area contributed by atoms with Crippen LogP contribution in [0.2, 0.25) is 0 Å². The molecule has 1 aromatic rings. The molecular weight excluding hydrogens is 199 g/mol. The number of hydrogen-bond acceptors (Lipinski definition) is 3. The Bertz CT molecular complexity index is 366. The van der Waals surface area contributed by atoms with Gasteiger partial charge in [0.05, 0.1) is 0 Å². The molecule has 1 aromatic heterocycles. The molecule has 2 N–H and O–H groups in total. The van der Waals surface area contributed by atoms with Gasteiger partial charge in [-0.05, 0) is 19.9 Å². The molecule has 0 spiro atoms. The fourth-order valence-electron chi connectivity index (χ4n) is 1.32. The van der Waals surface area contributed by atoms with Crippen LogP contribution in [0.15, 0.2) is 18.3 Å². The number of halogens is 1. The Morgan fingerprint density at radius 3 is 2.87 bits per heavy atom. The third-order valence-corrected chi connectivity index (χ3v) is 1.83. The number of primary amides is 1. The van der Waals surface area contributed by atoms with Crippen molar-refractivity contribution >= 4 is 6.09 Å². The van der Waals surface area contributed by atoms with Crippen LogP contribution in [0.1, 0.15) is 19.4 Å². The Labute approximate surface area is 87.3 Å². The number of amides is 1. The summed E-state index contributed by atoms with van der Waals surface area (Å²) in [7, 11) is 0. The van der Waals surface area contributed by atoms with E-state index in [9.17, 15) is 9.18 Å². The van der Waals surface area contributed by atoms with E-state index in [0.717, 1.165) is 0 Å². The molecule has 0 aromatic carbocycles. The van der Waals surface area contributed by atoms with Crippen LogP contribution in [0.4, 0.5) is 9.18 Å². The van der Waals surface area contributed by atoms with E-state index in [1.807, 2.05) is 0 Å². The topological polar surface area (TPSA) is 65.2 Å². The molecule has 0 radical (unpaired) electrons. The second-order valence-corrected chi connectivity index (χ2v) is 3.81. The number of nitrogens with two attached hydrogens (primary N) is 1. The summed E-state index contributed by atoms with van der Waals surface area (Å²) in [6, 6.07) is 3.22. The first-order chi connectivity index (χ1) is 6.91. The molecule has 0 aliphatic heterocycles. The monoisotopic (exact) mass is 212 g/mol. The van der Waals surface area contributed by atoms with E-state index in [2.05, 4.69) is 4.98 Å². The quantitative estimate of drug-likeness (QED) is 0.774. The predicted molar refractivity (Wildman–Crippen MR) is 52.6 cm³/mol. The second-order valence-electron chi connectivity index (χ2n) is 3.81. The summed E-state index contributed by atoms with van der Waals surface area (Å²) in [6.45, 7) is 3.31. The van der Waals surface area contributed by atoms with Crippen LogP contribution >= 0.6 is 0 Å². The zero-order valence-electron chi connectivity index (χ0n) is 8.66. The maximum absolute atomic E-state index is 13.2. The number of carbonyl (C=O) groups excluding carboxylic acids is 1. The molecule has 1 heterocycles. The normalized spacial score (nSPS) is 11.1. The number of ether oxygens (including phenoxy) is 1. The van der Waals surface area contributed by atoms with Crippen molar-refractivity contribution in [1.29, 1.82) is 0 Å². The zero-order valence-corrected chi connectivity index (χ0v) is 8.66. The average molecular weight is 212 g/mol. The SMILES string of the molecule is CC(C)(Cc1cccnc1F)OC(N)=O. The number of rotatable bonds is 3. The van der Waals surface area contributed by atoms with Crippen LogP contribution in [0.5, 0.6) is 0 Å². The van der Waals surface area contributed by atoms with Crippen LogP contribution in [-0.2, 0) is 11.2 Å². The Hall–Kier alpha value is -1.65. The molecule has 5 heteroatoms. The van der Waals surface area contributed by atoms with Gasteiger partial charge in [-0.15, -0.1) is 0 Å². The number of aromatic nitrogens is 1. The van der Waals surface area contributed by atoms with Gasteiger partial charge in [0.2, 0.25) is 5.95 Å². The van der Waals surface area contributed by atoms with E-state index in [1.165, 1.54) is 6.20 Å². The lowest BCUT2D eigenvalue weighted by atomic mass is 9.99. The summed E-state index contributed by atoms with van der Waals surface area (Å²) in [5.74, 6) is -0.557. The minimum absolute atomic E-state index is 0.232. The highest BCUT2D eigenvalue weighted by Gasteiger charge is 2.23. The summed E-state index contributed by atoms with van der Waals surface area (Å²) in [5.41, 5.74) is 4.45. The lowest BCUT2D eigenvalue weighted by Gasteiger charge is -2.23. The Balaban J connectivity index is 2.77. The molecule has 15 heavy (non-hydrogen) atoms. The predicted octanol–water partition coefficient (Wildman–Crippen LogP) is 1.64. The Morgan fingerprint density at radius 1 is 1.67 bits per heavy atom. The molecule has 0 bridgehead atoms.